The minimum Gasteiger partial charge on any atom is -0.483 e. The lowest BCUT2D eigenvalue weighted by Crippen LogP contribution is -2.42. The lowest BCUT2D eigenvalue weighted by atomic mass is 10.2. The van der Waals surface area contributed by atoms with E-state index in [0.717, 1.165) is 0 Å². The van der Waals surface area contributed by atoms with E-state index in [1.165, 1.54) is 0 Å². The van der Waals surface area contributed by atoms with Crippen molar-refractivity contribution >= 4 is 12.4 Å². The van der Waals surface area contributed by atoms with Crippen molar-refractivity contribution < 1.29 is 19.4 Å². The van der Waals surface area contributed by atoms with E-state index >= 15 is 0 Å². The predicted octanol–water partition coefficient (Wildman–Crippen LogP) is -1.52. The quantitative estimate of drug-likeness (QED) is 0.638. The molecule has 0 radical (unpaired) electrons. The van der Waals surface area contributed by atoms with Crippen LogP contribution in [0.25, 0.3) is 0 Å². The Morgan fingerprint density at radius 3 is 2.87 bits per heavy atom. The van der Waals surface area contributed by atoms with E-state index in [2.05, 4.69) is 30.8 Å². The molecule has 2 aromatic rings. The van der Waals surface area contributed by atoms with Crippen LogP contribution in [0.1, 0.15) is 18.3 Å². The number of amides is 1. The average Bonchev–Trinajstić information content (AvgIpc) is 3.27. The minimum absolute atomic E-state index is 0.0653. The van der Waals surface area contributed by atoms with E-state index in [-0.39, 0.29) is 18.5 Å². The standard InChI is InChI=1S/C10H14N8O2.CH2O2/c19-9(1-2-17-6-11-12-7-17)18-3-4-20-8(5-18)10-13-15-16-14-10;2-1-3/h6-8H,1-5H2,(H,13,14,15,16);1H,(H,2,3). The van der Waals surface area contributed by atoms with Gasteiger partial charge in [0.2, 0.25) is 11.7 Å². The van der Waals surface area contributed by atoms with Gasteiger partial charge in [-0.1, -0.05) is 5.21 Å². The van der Waals surface area contributed by atoms with Crippen LogP contribution in [0.2, 0.25) is 0 Å². The highest BCUT2D eigenvalue weighted by molar-refractivity contribution is 5.76. The molecule has 3 heterocycles. The molecule has 1 aliphatic rings. The van der Waals surface area contributed by atoms with Gasteiger partial charge in [0, 0.05) is 19.5 Å². The largest absolute Gasteiger partial charge is 0.483 e. The molecule has 0 spiro atoms. The molecule has 1 atom stereocenters. The fourth-order valence-electron chi connectivity index (χ4n) is 2.06. The van der Waals surface area contributed by atoms with Gasteiger partial charge in [-0.3, -0.25) is 9.59 Å². The van der Waals surface area contributed by atoms with Gasteiger partial charge in [0.1, 0.15) is 18.8 Å². The third kappa shape index (κ3) is 4.81. The number of carbonyl (C=O) groups excluding carboxylic acids is 1. The topological polar surface area (TPSA) is 152 Å². The number of carbonyl (C=O) groups is 2. The molecule has 3 rings (SSSR count). The number of hydrogen-bond donors (Lipinski definition) is 2. The third-order valence-corrected chi connectivity index (χ3v) is 3.12. The van der Waals surface area contributed by atoms with E-state index in [0.29, 0.717) is 38.5 Å². The number of nitrogens with one attached hydrogen (secondary N) is 1. The number of ether oxygens (including phenoxy) is 1. The molecule has 0 aliphatic carbocycles. The van der Waals surface area contributed by atoms with Crippen molar-refractivity contribution in [2.75, 3.05) is 19.7 Å². The van der Waals surface area contributed by atoms with Crippen molar-refractivity contribution in [2.45, 2.75) is 19.1 Å². The second-order valence-electron chi connectivity index (χ2n) is 4.52. The number of morpholine rings is 1. The van der Waals surface area contributed by atoms with E-state index in [4.69, 9.17) is 14.6 Å². The first-order valence-electron chi connectivity index (χ1n) is 6.77. The van der Waals surface area contributed by atoms with Crippen LogP contribution >= 0.6 is 0 Å². The van der Waals surface area contributed by atoms with Gasteiger partial charge >= 0.3 is 0 Å². The van der Waals surface area contributed by atoms with Crippen LogP contribution in [-0.2, 0) is 20.9 Å². The third-order valence-electron chi connectivity index (χ3n) is 3.12. The summed E-state index contributed by atoms with van der Waals surface area (Å²) in [5.74, 6) is 0.539. The van der Waals surface area contributed by atoms with E-state index in [9.17, 15) is 4.79 Å². The maximum absolute atomic E-state index is 12.2. The number of aromatic nitrogens is 7. The summed E-state index contributed by atoms with van der Waals surface area (Å²) < 4.78 is 7.32. The zero-order valence-corrected chi connectivity index (χ0v) is 12.1. The SMILES string of the molecule is O=C(CCn1cnnc1)N1CCOC(c2nn[nH]n2)C1.O=CO. The van der Waals surface area contributed by atoms with Crippen molar-refractivity contribution in [3.63, 3.8) is 0 Å². The van der Waals surface area contributed by atoms with Gasteiger partial charge in [0.15, 0.2) is 0 Å². The second kappa shape index (κ2) is 8.53. The highest BCUT2D eigenvalue weighted by Gasteiger charge is 2.27. The molecule has 2 N–H and O–H groups in total. The van der Waals surface area contributed by atoms with Gasteiger partial charge in [-0.15, -0.1) is 20.4 Å². The molecule has 1 unspecified atom stereocenters. The van der Waals surface area contributed by atoms with Crippen molar-refractivity contribution in [1.82, 2.24) is 40.3 Å². The van der Waals surface area contributed by atoms with Crippen LogP contribution in [0, 0.1) is 0 Å². The summed E-state index contributed by atoms with van der Waals surface area (Å²) in [6.07, 6.45) is 3.27. The van der Waals surface area contributed by atoms with Gasteiger partial charge in [-0.2, -0.15) is 5.21 Å². The molecule has 23 heavy (non-hydrogen) atoms. The van der Waals surface area contributed by atoms with Crippen molar-refractivity contribution in [2.24, 2.45) is 0 Å². The van der Waals surface area contributed by atoms with Crippen molar-refractivity contribution in [3.05, 3.63) is 18.5 Å². The summed E-state index contributed by atoms with van der Waals surface area (Å²) >= 11 is 0. The number of aromatic amines is 1. The molecule has 1 fully saturated rings. The van der Waals surface area contributed by atoms with Crippen molar-refractivity contribution in [1.29, 1.82) is 0 Å². The summed E-state index contributed by atoms with van der Waals surface area (Å²) in [5, 5.41) is 28.0. The minimum atomic E-state index is -0.318. The molecule has 12 nitrogen and oxygen atoms in total. The number of rotatable bonds is 4. The molecule has 2 aromatic heterocycles. The summed E-state index contributed by atoms with van der Waals surface area (Å²) in [7, 11) is 0. The number of tetrazole rings is 1. The first-order valence-corrected chi connectivity index (χ1v) is 6.77. The average molecular weight is 324 g/mol. The Kier molecular flexibility index (Phi) is 6.11. The maximum Gasteiger partial charge on any atom is 0.290 e. The first-order chi connectivity index (χ1) is 11.2. The molecule has 1 amide bonds. The Labute approximate surface area is 130 Å². The summed E-state index contributed by atoms with van der Waals surface area (Å²) in [6, 6.07) is 0. The van der Waals surface area contributed by atoms with Crippen molar-refractivity contribution in [3.8, 4) is 0 Å². The monoisotopic (exact) mass is 324 g/mol. The normalized spacial score (nSPS) is 17.2. The zero-order chi connectivity index (χ0) is 16.5. The molecule has 0 saturated carbocycles. The van der Waals surface area contributed by atoms with Gasteiger partial charge in [-0.25, -0.2) is 0 Å². The Morgan fingerprint density at radius 1 is 1.48 bits per heavy atom. The Morgan fingerprint density at radius 2 is 2.22 bits per heavy atom. The lowest BCUT2D eigenvalue weighted by molar-refractivity contribution is -0.139. The van der Waals surface area contributed by atoms with Gasteiger partial charge in [0.05, 0.1) is 13.2 Å². The Balaban J connectivity index is 0.000000595. The molecule has 1 saturated heterocycles. The molecule has 0 aromatic carbocycles. The number of H-pyrrole nitrogens is 1. The second-order valence-corrected chi connectivity index (χ2v) is 4.52. The smallest absolute Gasteiger partial charge is 0.290 e. The van der Waals surface area contributed by atoms with E-state index in [1.807, 2.05) is 0 Å². The highest BCUT2D eigenvalue weighted by atomic mass is 16.5. The number of hydrogen-bond acceptors (Lipinski definition) is 8. The van der Waals surface area contributed by atoms with Gasteiger partial charge < -0.3 is 19.3 Å². The van der Waals surface area contributed by atoms with E-state index < -0.39 is 0 Å². The maximum atomic E-state index is 12.2. The molecular weight excluding hydrogens is 308 g/mol. The fourth-order valence-corrected chi connectivity index (χ4v) is 2.06. The van der Waals surface area contributed by atoms with Crippen LogP contribution in [0.4, 0.5) is 0 Å². The van der Waals surface area contributed by atoms with Crippen LogP contribution in [-0.4, -0.2) is 77.5 Å². The first kappa shape index (κ1) is 16.5. The molecule has 12 heteroatoms. The molecule has 0 bridgehead atoms. The summed E-state index contributed by atoms with van der Waals surface area (Å²) in [6.45, 7) is 1.81. The van der Waals surface area contributed by atoms with E-state index in [1.54, 1.807) is 22.1 Å². The summed E-state index contributed by atoms with van der Waals surface area (Å²) in [5.41, 5.74) is 0. The molecule has 1 aliphatic heterocycles. The van der Waals surface area contributed by atoms with Crippen LogP contribution in [0.5, 0.6) is 0 Å². The van der Waals surface area contributed by atoms with Crippen LogP contribution in [0.15, 0.2) is 12.7 Å². The highest BCUT2D eigenvalue weighted by Crippen LogP contribution is 2.18. The van der Waals surface area contributed by atoms with Gasteiger partial charge in [-0.05, 0) is 0 Å². The van der Waals surface area contributed by atoms with Crippen LogP contribution in [0.3, 0.4) is 0 Å². The number of carboxylic acid groups (broad SMARTS) is 1. The van der Waals surface area contributed by atoms with Crippen LogP contribution < -0.4 is 0 Å². The van der Waals surface area contributed by atoms with Gasteiger partial charge in [0.25, 0.3) is 6.47 Å². The molecular formula is C11H16N8O4. The molecule has 124 valence electrons. The fraction of sp³-hybridized carbons (Fsp3) is 0.545. The zero-order valence-electron chi connectivity index (χ0n) is 12.1. The predicted molar refractivity (Wildman–Crippen MR) is 72.8 cm³/mol. The summed E-state index contributed by atoms with van der Waals surface area (Å²) in [4.78, 5) is 22.3. The Hall–Kier alpha value is -2.89. The number of nitrogens with zero attached hydrogens (tertiary/aromatic N) is 7. The number of aryl methyl sites for hydroxylation is 1. The lowest BCUT2D eigenvalue weighted by Gasteiger charge is -2.31. The Bertz CT molecular complexity index is 587.